The van der Waals surface area contributed by atoms with Crippen molar-refractivity contribution in [3.63, 3.8) is 0 Å². The van der Waals surface area contributed by atoms with Crippen LogP contribution in [0.4, 0.5) is 4.79 Å². The molecule has 6 heteroatoms. The molecule has 0 radical (unpaired) electrons. The molecule has 2 atom stereocenters. The number of nitrogens with zero attached hydrogens (tertiary/aromatic N) is 1. The molecule has 0 saturated carbocycles. The van der Waals surface area contributed by atoms with Gasteiger partial charge < -0.3 is 9.47 Å². The number of benzene rings is 3. The van der Waals surface area contributed by atoms with Gasteiger partial charge in [0.1, 0.15) is 6.61 Å². The van der Waals surface area contributed by atoms with E-state index in [4.69, 9.17) is 9.47 Å². The summed E-state index contributed by atoms with van der Waals surface area (Å²) in [5.41, 5.74) is 5.59. The van der Waals surface area contributed by atoms with Gasteiger partial charge in [-0.3, -0.25) is 14.5 Å². The molecule has 0 spiro atoms. The van der Waals surface area contributed by atoms with Crippen LogP contribution in [0.15, 0.2) is 78.9 Å². The molecule has 1 heterocycles. The van der Waals surface area contributed by atoms with Crippen molar-refractivity contribution in [2.45, 2.75) is 37.6 Å². The highest BCUT2D eigenvalue weighted by Gasteiger charge is 2.38. The van der Waals surface area contributed by atoms with Gasteiger partial charge in [0.25, 0.3) is 0 Å². The molecule has 3 aromatic rings. The molecule has 1 saturated heterocycles. The number of hydrogen-bond acceptors (Lipinski definition) is 5. The Morgan fingerprint density at radius 2 is 1.51 bits per heavy atom. The van der Waals surface area contributed by atoms with Crippen LogP contribution in [0.2, 0.25) is 0 Å². The number of carbonyl (C=O) groups excluding carboxylic acids is 3. The smallest absolute Gasteiger partial charge is 0.410 e. The summed E-state index contributed by atoms with van der Waals surface area (Å²) in [6.07, 6.45) is 1.26. The predicted octanol–water partition coefficient (Wildman–Crippen LogP) is 5.39. The van der Waals surface area contributed by atoms with Crippen LogP contribution in [0.3, 0.4) is 0 Å². The number of hydrogen-bond donors (Lipinski definition) is 0. The number of Topliss-reactive ketones (excluding diaryl/α,β-unsaturated/α-hetero) is 1. The molecule has 190 valence electrons. The molecule has 1 amide bonds. The fourth-order valence-electron chi connectivity index (χ4n) is 5.68. The molecule has 0 unspecified atom stereocenters. The molecule has 1 aliphatic heterocycles. The van der Waals surface area contributed by atoms with Crippen LogP contribution in [0.1, 0.15) is 41.9 Å². The van der Waals surface area contributed by atoms with E-state index in [2.05, 4.69) is 24.3 Å². The second kappa shape index (κ2) is 11.0. The first-order valence-electron chi connectivity index (χ1n) is 12.8. The van der Waals surface area contributed by atoms with E-state index in [-0.39, 0.29) is 24.7 Å². The maximum absolute atomic E-state index is 13.3. The SMILES string of the molecule is COC(=O)[C@@H](CC(=O)[C@@H]1CCCN1C(=O)OCC1c2ccccc2-c2ccccc21)Cc1ccccc1. The molecule has 3 aromatic carbocycles. The van der Waals surface area contributed by atoms with Crippen LogP contribution in [-0.2, 0) is 25.5 Å². The molecule has 1 aliphatic carbocycles. The van der Waals surface area contributed by atoms with E-state index in [0.29, 0.717) is 19.4 Å². The van der Waals surface area contributed by atoms with E-state index in [1.165, 1.54) is 23.1 Å². The Kier molecular flexibility index (Phi) is 7.35. The van der Waals surface area contributed by atoms with Gasteiger partial charge in [0, 0.05) is 18.9 Å². The molecule has 2 aliphatic rings. The second-order valence-corrected chi connectivity index (χ2v) is 9.74. The lowest BCUT2D eigenvalue weighted by Gasteiger charge is -2.25. The number of ketones is 1. The number of carbonyl (C=O) groups is 3. The minimum Gasteiger partial charge on any atom is -0.469 e. The number of esters is 1. The fourth-order valence-corrected chi connectivity index (χ4v) is 5.68. The highest BCUT2D eigenvalue weighted by molar-refractivity contribution is 5.91. The summed E-state index contributed by atoms with van der Waals surface area (Å²) in [6, 6.07) is 25.4. The molecule has 37 heavy (non-hydrogen) atoms. The molecular weight excluding hydrogens is 466 g/mol. The third kappa shape index (κ3) is 5.15. The van der Waals surface area contributed by atoms with Crippen molar-refractivity contribution in [1.82, 2.24) is 4.90 Å². The van der Waals surface area contributed by atoms with Crippen molar-refractivity contribution in [1.29, 1.82) is 0 Å². The first-order chi connectivity index (χ1) is 18.1. The summed E-state index contributed by atoms with van der Waals surface area (Å²) < 4.78 is 10.8. The Labute approximate surface area is 217 Å². The molecule has 6 nitrogen and oxygen atoms in total. The average molecular weight is 498 g/mol. The largest absolute Gasteiger partial charge is 0.469 e. The maximum Gasteiger partial charge on any atom is 0.410 e. The van der Waals surface area contributed by atoms with E-state index in [0.717, 1.165) is 23.1 Å². The number of methoxy groups -OCH3 is 1. The van der Waals surface area contributed by atoms with Crippen LogP contribution in [0.5, 0.6) is 0 Å². The van der Waals surface area contributed by atoms with E-state index in [9.17, 15) is 14.4 Å². The van der Waals surface area contributed by atoms with Crippen LogP contribution in [0, 0.1) is 5.92 Å². The lowest BCUT2D eigenvalue weighted by atomic mass is 9.91. The number of rotatable bonds is 8. The van der Waals surface area contributed by atoms with Gasteiger partial charge >= 0.3 is 12.1 Å². The summed E-state index contributed by atoms with van der Waals surface area (Å²) in [5.74, 6) is -1.17. The molecule has 0 N–H and O–H groups in total. The first-order valence-corrected chi connectivity index (χ1v) is 12.8. The number of likely N-dealkylation sites (tertiary alicyclic amines) is 1. The summed E-state index contributed by atoms with van der Waals surface area (Å²) in [7, 11) is 1.34. The van der Waals surface area contributed by atoms with Crippen molar-refractivity contribution >= 4 is 17.8 Å². The Morgan fingerprint density at radius 3 is 2.16 bits per heavy atom. The van der Waals surface area contributed by atoms with Gasteiger partial charge in [-0.15, -0.1) is 0 Å². The fraction of sp³-hybridized carbons (Fsp3) is 0.323. The molecular formula is C31H31NO5. The van der Waals surface area contributed by atoms with Crippen LogP contribution >= 0.6 is 0 Å². The van der Waals surface area contributed by atoms with Crippen LogP contribution in [-0.4, -0.2) is 49.0 Å². The van der Waals surface area contributed by atoms with Gasteiger partial charge in [-0.25, -0.2) is 4.79 Å². The lowest BCUT2D eigenvalue weighted by Crippen LogP contribution is -2.42. The lowest BCUT2D eigenvalue weighted by molar-refractivity contribution is -0.147. The number of fused-ring (bicyclic) bond motifs is 3. The Morgan fingerprint density at radius 1 is 0.892 bits per heavy atom. The normalized spacial score (nSPS) is 17.1. The quantitative estimate of drug-likeness (QED) is 0.390. The third-order valence-electron chi connectivity index (χ3n) is 7.50. The Balaban J connectivity index is 1.25. The molecule has 5 rings (SSSR count). The monoisotopic (exact) mass is 497 g/mol. The van der Waals surface area contributed by atoms with Crippen molar-refractivity contribution in [3.05, 3.63) is 95.6 Å². The van der Waals surface area contributed by atoms with Crippen molar-refractivity contribution in [2.75, 3.05) is 20.3 Å². The van der Waals surface area contributed by atoms with Crippen molar-refractivity contribution < 1.29 is 23.9 Å². The second-order valence-electron chi connectivity index (χ2n) is 9.74. The zero-order chi connectivity index (χ0) is 25.8. The van der Waals surface area contributed by atoms with Gasteiger partial charge in [0.15, 0.2) is 5.78 Å². The zero-order valence-electron chi connectivity index (χ0n) is 21.0. The topological polar surface area (TPSA) is 72.9 Å². The zero-order valence-corrected chi connectivity index (χ0v) is 21.0. The van der Waals surface area contributed by atoms with E-state index >= 15 is 0 Å². The van der Waals surface area contributed by atoms with E-state index in [1.807, 2.05) is 54.6 Å². The maximum atomic E-state index is 13.3. The number of amides is 1. The summed E-state index contributed by atoms with van der Waals surface area (Å²) >= 11 is 0. The summed E-state index contributed by atoms with van der Waals surface area (Å²) in [4.78, 5) is 40.5. The van der Waals surface area contributed by atoms with Gasteiger partial charge in [-0.05, 0) is 47.1 Å². The highest BCUT2D eigenvalue weighted by atomic mass is 16.6. The summed E-state index contributed by atoms with van der Waals surface area (Å²) in [5, 5.41) is 0. The average Bonchev–Trinajstić information content (AvgIpc) is 3.55. The predicted molar refractivity (Wildman–Crippen MR) is 140 cm³/mol. The standard InChI is InChI=1S/C31H31NO5/c1-36-30(34)22(18-21-10-3-2-4-11-21)19-29(33)28-16-9-17-32(28)31(35)37-20-27-25-14-7-5-12-23(25)24-13-6-8-15-26(24)27/h2-8,10-15,22,27-28H,9,16-20H2,1H3/t22-,28+/m1/s1. The van der Waals surface area contributed by atoms with Crippen LogP contribution < -0.4 is 0 Å². The summed E-state index contributed by atoms with van der Waals surface area (Å²) in [6.45, 7) is 0.678. The minimum absolute atomic E-state index is 0.0272. The third-order valence-corrected chi connectivity index (χ3v) is 7.50. The minimum atomic E-state index is -0.593. The first kappa shape index (κ1) is 24.8. The van der Waals surface area contributed by atoms with Crippen molar-refractivity contribution in [3.8, 4) is 11.1 Å². The van der Waals surface area contributed by atoms with Crippen LogP contribution in [0.25, 0.3) is 11.1 Å². The van der Waals surface area contributed by atoms with Gasteiger partial charge in [-0.2, -0.15) is 0 Å². The molecule has 1 fully saturated rings. The Bertz CT molecular complexity index is 1240. The van der Waals surface area contributed by atoms with E-state index < -0.39 is 24.0 Å². The van der Waals surface area contributed by atoms with Gasteiger partial charge in [-0.1, -0.05) is 78.9 Å². The van der Waals surface area contributed by atoms with Gasteiger partial charge in [0.05, 0.1) is 19.1 Å². The highest BCUT2D eigenvalue weighted by Crippen LogP contribution is 2.44. The van der Waals surface area contributed by atoms with Gasteiger partial charge in [0.2, 0.25) is 0 Å². The van der Waals surface area contributed by atoms with Crippen molar-refractivity contribution in [2.24, 2.45) is 5.92 Å². The number of ether oxygens (including phenoxy) is 2. The molecule has 0 bridgehead atoms. The molecule has 0 aromatic heterocycles. The van der Waals surface area contributed by atoms with E-state index in [1.54, 1.807) is 0 Å². The Hall–Kier alpha value is -3.93.